The summed E-state index contributed by atoms with van der Waals surface area (Å²) in [7, 11) is 1.98. The van der Waals surface area contributed by atoms with Crippen LogP contribution in [0.2, 0.25) is 0 Å². The number of likely N-dealkylation sites (N-methyl/N-ethyl adjacent to an activating group) is 1. The third-order valence-electron chi connectivity index (χ3n) is 11.6. The highest BCUT2D eigenvalue weighted by molar-refractivity contribution is 6.23. The number of allylic oxidation sites excluding steroid dienone is 2. The Morgan fingerprint density at radius 3 is 2.22 bits per heavy atom. The number of rotatable bonds is 3. The molecule has 16 heteroatoms. The van der Waals surface area contributed by atoms with Crippen molar-refractivity contribution in [2.45, 2.75) is 85.6 Å². The Hall–Kier alpha value is -5.16. The van der Waals surface area contributed by atoms with Crippen LogP contribution in [-0.2, 0) is 19.1 Å². The minimum Gasteiger partial charge on any atom is -0.507 e. The zero-order valence-corrected chi connectivity index (χ0v) is 34.4. The van der Waals surface area contributed by atoms with Crippen LogP contribution in [0.5, 0.6) is 23.0 Å². The molecule has 5 bridgehead atoms. The van der Waals surface area contributed by atoms with E-state index in [2.05, 4.69) is 15.3 Å². The van der Waals surface area contributed by atoms with Crippen LogP contribution in [-0.4, -0.2) is 128 Å². The quantitative estimate of drug-likeness (QED) is 0.102. The molecule has 0 radical (unpaired) electrons. The van der Waals surface area contributed by atoms with Crippen molar-refractivity contribution in [2.75, 3.05) is 38.5 Å². The number of esters is 1. The van der Waals surface area contributed by atoms with Crippen molar-refractivity contribution in [1.82, 2.24) is 9.91 Å². The van der Waals surface area contributed by atoms with Crippen LogP contribution in [0.4, 0.5) is 5.69 Å². The zero-order valence-electron chi connectivity index (χ0n) is 34.4. The fourth-order valence-electron chi connectivity index (χ4n) is 7.64. The van der Waals surface area contributed by atoms with E-state index in [0.717, 1.165) is 6.26 Å². The van der Waals surface area contributed by atoms with E-state index < -0.39 is 88.8 Å². The predicted molar refractivity (Wildman–Crippen MR) is 216 cm³/mol. The molecule has 7 N–H and O–H groups in total. The minimum absolute atomic E-state index is 0.0284. The second kappa shape index (κ2) is 17.4. The summed E-state index contributed by atoms with van der Waals surface area (Å²) in [4.78, 5) is 42.4. The third kappa shape index (κ3) is 8.51. The summed E-state index contributed by atoms with van der Waals surface area (Å²) in [5.74, 6) is -9.00. The predicted octanol–water partition coefficient (Wildman–Crippen LogP) is 3.68. The number of anilines is 1. The van der Waals surface area contributed by atoms with Crippen molar-refractivity contribution in [3.05, 3.63) is 52.8 Å². The number of aliphatic hydroxyl groups excluding tert-OH is 3. The molecular weight excluding hydrogens is 752 g/mol. The Morgan fingerprint density at radius 1 is 0.931 bits per heavy atom. The molecule has 316 valence electrons. The van der Waals surface area contributed by atoms with Gasteiger partial charge < -0.3 is 55.1 Å². The lowest BCUT2D eigenvalue weighted by Gasteiger charge is -2.37. The van der Waals surface area contributed by atoms with Gasteiger partial charge in [-0.25, -0.2) is 0 Å². The summed E-state index contributed by atoms with van der Waals surface area (Å²) < 4.78 is 17.5. The molecule has 1 fully saturated rings. The summed E-state index contributed by atoms with van der Waals surface area (Å²) in [5.41, 5.74) is -0.459. The SMILES string of the molecule is CC(=O)O[C@H]1[C@H](C)[C@H](O)[C@H](C)[C@@H](O)[C@@H](C)/C=C/C=C(/C)C(=O)Nc2c(/C=N/N3CCN(C)CC3)c(O)c3c4c(c(C)c(O)c3c2O)O[C@](C)(O/C=C/C(O)[C@H]1C)C4=O. The number of hydrazone groups is 1. The molecule has 1 saturated heterocycles. The highest BCUT2D eigenvalue weighted by Gasteiger charge is 2.50. The molecule has 2 aromatic rings. The van der Waals surface area contributed by atoms with Gasteiger partial charge in [-0.05, 0) is 27.0 Å². The number of nitrogens with one attached hydrogen (secondary N) is 1. The largest absolute Gasteiger partial charge is 0.507 e. The van der Waals surface area contributed by atoms with Crippen molar-refractivity contribution in [1.29, 1.82) is 0 Å². The number of carbonyl (C=O) groups is 3. The van der Waals surface area contributed by atoms with E-state index in [9.17, 15) is 45.0 Å². The maximum Gasteiger partial charge on any atom is 0.312 e. The molecular formula is C42H56N4O12. The number of fused-ring (bicyclic) bond motifs is 14. The number of aliphatic hydroxyl groups is 3. The number of aromatic hydroxyl groups is 3. The van der Waals surface area contributed by atoms with Gasteiger partial charge in [-0.15, -0.1) is 0 Å². The van der Waals surface area contributed by atoms with Crippen molar-refractivity contribution in [3.63, 3.8) is 0 Å². The second-order valence-electron chi connectivity index (χ2n) is 15.9. The molecule has 0 aliphatic carbocycles. The molecule has 4 aliphatic heterocycles. The zero-order chi connectivity index (χ0) is 43.0. The molecule has 4 aliphatic rings. The molecule has 16 nitrogen and oxygen atoms in total. The normalized spacial score (nSPS) is 32.4. The van der Waals surface area contributed by atoms with E-state index in [4.69, 9.17) is 14.2 Å². The van der Waals surface area contributed by atoms with Gasteiger partial charge in [-0.1, -0.05) is 45.9 Å². The first-order chi connectivity index (χ1) is 27.2. The Labute approximate surface area is 337 Å². The number of hydrogen-bond acceptors (Lipinski definition) is 15. The van der Waals surface area contributed by atoms with Crippen LogP contribution in [0.1, 0.15) is 70.0 Å². The fourth-order valence-corrected chi connectivity index (χ4v) is 7.64. The van der Waals surface area contributed by atoms with Gasteiger partial charge in [-0.2, -0.15) is 5.10 Å². The average Bonchev–Trinajstić information content (AvgIpc) is 3.44. The molecule has 2 aromatic carbocycles. The summed E-state index contributed by atoms with van der Waals surface area (Å²) >= 11 is 0. The second-order valence-corrected chi connectivity index (χ2v) is 15.9. The Bertz CT molecular complexity index is 2050. The molecule has 9 atom stereocenters. The number of piperazine rings is 1. The number of benzene rings is 2. The maximum atomic E-state index is 14.3. The van der Waals surface area contributed by atoms with E-state index in [1.807, 2.05) is 7.05 Å². The monoisotopic (exact) mass is 808 g/mol. The Morgan fingerprint density at radius 2 is 1.59 bits per heavy atom. The van der Waals surface area contributed by atoms with Crippen molar-refractivity contribution >= 4 is 40.3 Å². The molecule has 6 rings (SSSR count). The van der Waals surface area contributed by atoms with Crippen LogP contribution in [0.15, 0.2) is 41.2 Å². The van der Waals surface area contributed by atoms with Crippen LogP contribution in [0.25, 0.3) is 10.8 Å². The van der Waals surface area contributed by atoms with Gasteiger partial charge in [0.2, 0.25) is 0 Å². The van der Waals surface area contributed by atoms with Gasteiger partial charge >= 0.3 is 11.8 Å². The topological polar surface area (TPSA) is 231 Å². The van der Waals surface area contributed by atoms with E-state index >= 15 is 0 Å². The number of Topliss-reactive ketones (excluding diaryl/α,β-unsaturated/α-hetero) is 1. The molecule has 0 aromatic heterocycles. The van der Waals surface area contributed by atoms with Crippen LogP contribution < -0.4 is 10.1 Å². The molecule has 4 heterocycles. The number of carbonyl (C=O) groups excluding carboxylic acids is 3. The van der Waals surface area contributed by atoms with E-state index in [-0.39, 0.29) is 44.5 Å². The first-order valence-electron chi connectivity index (χ1n) is 19.4. The Balaban J connectivity index is 1.69. The summed E-state index contributed by atoms with van der Waals surface area (Å²) in [5, 5.41) is 77.7. The average molecular weight is 809 g/mol. The standard InChI is InChI=1S/C42H56N4O12/c1-20-11-10-12-21(2)41(55)44-32-27(19-43-46-16-14-45(9)15-17-46)36(52)29-30(37(32)53)35(51)25(6)39-31(29)40(54)42(8,58-39)56-18-13-28(48)22(3)38(57-26(7)47)24(5)34(50)23(4)33(20)49/h10-13,18-20,22-24,28,33-34,38,48-53H,14-17H2,1-9H3,(H,44,55)/b11-10+,18-13+,21-12-,43-19+/t20-,22+,23+,24+,28?,33-,34+,38+,42-/m0/s1. The van der Waals surface area contributed by atoms with Gasteiger partial charge in [0.15, 0.2) is 5.75 Å². The van der Waals surface area contributed by atoms with Gasteiger partial charge in [0.25, 0.3) is 11.7 Å². The number of phenols is 3. The van der Waals surface area contributed by atoms with Gasteiger partial charge in [0.1, 0.15) is 23.4 Å². The molecule has 58 heavy (non-hydrogen) atoms. The first-order valence-corrected chi connectivity index (χ1v) is 19.4. The number of ketones is 1. The summed E-state index contributed by atoms with van der Waals surface area (Å²) in [6, 6.07) is 0. The van der Waals surface area contributed by atoms with Crippen molar-refractivity contribution in [3.8, 4) is 23.0 Å². The first kappa shape index (κ1) is 44.0. The van der Waals surface area contributed by atoms with E-state index in [1.165, 1.54) is 46.1 Å². The number of nitrogens with zero attached hydrogens (tertiary/aromatic N) is 3. The van der Waals surface area contributed by atoms with Crippen molar-refractivity contribution < 1.29 is 59.2 Å². The number of phenolic OH excluding ortho intramolecular Hbond substituents is 3. The van der Waals surface area contributed by atoms with Gasteiger partial charge in [0, 0.05) is 80.2 Å². The lowest BCUT2D eigenvalue weighted by atomic mass is 9.78. The third-order valence-corrected chi connectivity index (χ3v) is 11.6. The minimum atomic E-state index is -2.10. The fraction of sp³-hybridized carbons (Fsp3) is 0.524. The number of amides is 1. The highest BCUT2D eigenvalue weighted by Crippen LogP contribution is 2.55. The molecule has 0 saturated carbocycles. The van der Waals surface area contributed by atoms with E-state index in [1.54, 1.807) is 44.9 Å². The number of hydrogen-bond donors (Lipinski definition) is 7. The van der Waals surface area contributed by atoms with Crippen LogP contribution in [0, 0.1) is 30.6 Å². The van der Waals surface area contributed by atoms with Gasteiger partial charge in [-0.3, -0.25) is 19.4 Å². The maximum absolute atomic E-state index is 14.3. The van der Waals surface area contributed by atoms with Crippen LogP contribution in [0.3, 0.4) is 0 Å². The number of ether oxygens (including phenoxy) is 3. The lowest BCUT2D eigenvalue weighted by molar-refractivity contribution is -0.159. The Kier molecular flexibility index (Phi) is 13.2. The highest BCUT2D eigenvalue weighted by atomic mass is 16.7. The summed E-state index contributed by atoms with van der Waals surface area (Å²) in [6.45, 7) is 14.6. The summed E-state index contributed by atoms with van der Waals surface area (Å²) in [6.07, 6.45) is 3.58. The van der Waals surface area contributed by atoms with Crippen molar-refractivity contribution in [2.24, 2.45) is 28.8 Å². The molecule has 0 spiro atoms. The van der Waals surface area contributed by atoms with Crippen LogP contribution >= 0.6 is 0 Å². The lowest BCUT2D eigenvalue weighted by Crippen LogP contribution is -2.46. The molecule has 1 unspecified atom stereocenters. The van der Waals surface area contributed by atoms with Gasteiger partial charge in [0.05, 0.1) is 53.0 Å². The smallest absolute Gasteiger partial charge is 0.312 e. The molecule has 1 amide bonds. The van der Waals surface area contributed by atoms with E-state index in [0.29, 0.717) is 26.2 Å².